The van der Waals surface area contributed by atoms with Crippen LogP contribution < -0.4 is 5.32 Å². The predicted molar refractivity (Wildman–Crippen MR) is 425 cm³/mol. The topological polar surface area (TPSA) is 307 Å². The van der Waals surface area contributed by atoms with E-state index in [0.29, 0.717) is 12.8 Å². The maximum absolute atomic E-state index is 13.5. The quantitative estimate of drug-likeness (QED) is 0.0199. The average Bonchev–Trinajstić information content (AvgIpc) is 0.780. The fraction of sp³-hybridized carbons (Fsp3) is 0.874. The fourth-order valence-corrected chi connectivity index (χ4v) is 14.6. The number of carbonyl (C=O) groups excluding carboxylic acids is 1. The number of hydrogen-bond donors (Lipinski definition) is 12. The van der Waals surface area contributed by atoms with Crippen LogP contribution in [-0.4, -0.2) is 193 Å². The van der Waals surface area contributed by atoms with E-state index >= 15 is 0 Å². The molecular weight excluding hydrogens is 1350 g/mol. The number of hydrogen-bond acceptors (Lipinski definition) is 18. The van der Waals surface area contributed by atoms with Gasteiger partial charge in [-0.15, -0.1) is 0 Å². The Hall–Kier alpha value is -2.51. The van der Waals surface area contributed by atoms with Gasteiger partial charge in [0.1, 0.15) is 73.2 Å². The van der Waals surface area contributed by atoms with E-state index < -0.39 is 124 Å². The molecule has 17 unspecified atom stereocenters. The minimum Gasteiger partial charge on any atom is -0.394 e. The molecule has 0 aliphatic carbocycles. The first-order chi connectivity index (χ1) is 51.8. The van der Waals surface area contributed by atoms with Crippen molar-refractivity contribution in [1.29, 1.82) is 0 Å². The van der Waals surface area contributed by atoms with E-state index in [2.05, 4.69) is 67.8 Å². The molecule has 1 amide bonds. The molecule has 17 atom stereocenters. The Morgan fingerprint density at radius 2 is 0.632 bits per heavy atom. The Morgan fingerprint density at radius 1 is 0.340 bits per heavy atom. The largest absolute Gasteiger partial charge is 0.394 e. The van der Waals surface area contributed by atoms with E-state index in [9.17, 15) is 61.0 Å². The minimum atomic E-state index is -1.98. The number of unbranched alkanes of at least 4 members (excludes halogenated alkanes) is 46. The first kappa shape index (κ1) is 97.7. The molecule has 3 aliphatic rings. The first-order valence-corrected chi connectivity index (χ1v) is 43.5. The third-order valence-electron chi connectivity index (χ3n) is 21.5. The van der Waals surface area contributed by atoms with Gasteiger partial charge in [-0.05, 0) is 77.0 Å². The lowest BCUT2D eigenvalue weighted by atomic mass is 9.96. The van der Waals surface area contributed by atoms with Gasteiger partial charge in [-0.2, -0.15) is 0 Å². The molecule has 3 heterocycles. The van der Waals surface area contributed by atoms with Crippen molar-refractivity contribution < 1.29 is 89.4 Å². The third kappa shape index (κ3) is 45.9. The SMILES string of the molecule is CCCCCCC/C=C\C/C=C\CCCCCCCCCCCCCCCCCCCCCCCCCCCCCC(=O)NC(COC1OC(CO)C(OC2OC(CO)C(OC3OC(CO)C(O)C(O)C3O)C(O)C2O)C(O)C1O)C(O)/C=C/CC/C=C/CC/C=C/CCCCCCCCCCCCCC. The van der Waals surface area contributed by atoms with E-state index in [1.165, 1.54) is 270 Å². The number of allylic oxidation sites excluding steroid dienone is 9. The van der Waals surface area contributed by atoms with Crippen LogP contribution in [0, 0.1) is 0 Å². The summed E-state index contributed by atoms with van der Waals surface area (Å²) in [6, 6.07) is -0.998. The molecular formula is C87H159NO18. The number of carbonyl (C=O) groups is 1. The molecule has 12 N–H and O–H groups in total. The van der Waals surface area contributed by atoms with Gasteiger partial charge >= 0.3 is 0 Å². The summed E-state index contributed by atoms with van der Waals surface area (Å²) in [5, 5.41) is 121. The van der Waals surface area contributed by atoms with Gasteiger partial charge in [0.2, 0.25) is 5.91 Å². The summed E-state index contributed by atoms with van der Waals surface area (Å²) in [5.74, 6) is -0.284. The molecule has 106 heavy (non-hydrogen) atoms. The van der Waals surface area contributed by atoms with Crippen molar-refractivity contribution >= 4 is 5.91 Å². The molecule has 0 bridgehead atoms. The van der Waals surface area contributed by atoms with E-state index in [0.717, 1.165) is 51.4 Å². The zero-order valence-corrected chi connectivity index (χ0v) is 66.7. The number of rotatable bonds is 70. The second-order valence-corrected chi connectivity index (χ2v) is 31.0. The molecule has 0 aromatic heterocycles. The molecule has 19 heteroatoms. The van der Waals surface area contributed by atoms with Crippen LogP contribution in [0.1, 0.15) is 354 Å². The van der Waals surface area contributed by atoms with Crippen LogP contribution >= 0.6 is 0 Å². The van der Waals surface area contributed by atoms with Crippen LogP contribution in [0.25, 0.3) is 0 Å². The number of nitrogens with one attached hydrogen (secondary N) is 1. The van der Waals surface area contributed by atoms with Crippen molar-refractivity contribution in [3.05, 3.63) is 60.8 Å². The summed E-state index contributed by atoms with van der Waals surface area (Å²) in [7, 11) is 0. The van der Waals surface area contributed by atoms with E-state index in [1.54, 1.807) is 6.08 Å². The monoisotopic (exact) mass is 1510 g/mol. The molecule has 3 saturated heterocycles. The number of amides is 1. The average molecular weight is 1510 g/mol. The maximum Gasteiger partial charge on any atom is 0.220 e. The van der Waals surface area contributed by atoms with Crippen LogP contribution in [0.5, 0.6) is 0 Å². The fourth-order valence-electron chi connectivity index (χ4n) is 14.6. The van der Waals surface area contributed by atoms with Gasteiger partial charge in [0.25, 0.3) is 0 Å². The maximum atomic E-state index is 13.5. The van der Waals surface area contributed by atoms with Crippen molar-refractivity contribution in [1.82, 2.24) is 5.32 Å². The normalized spacial score (nSPS) is 25.9. The van der Waals surface area contributed by atoms with Crippen LogP contribution in [0.15, 0.2) is 60.8 Å². The van der Waals surface area contributed by atoms with Gasteiger partial charge in [0.15, 0.2) is 18.9 Å². The summed E-state index contributed by atoms with van der Waals surface area (Å²) in [6.45, 7) is 1.74. The van der Waals surface area contributed by atoms with E-state index in [-0.39, 0.29) is 18.9 Å². The molecule has 620 valence electrons. The van der Waals surface area contributed by atoms with Gasteiger partial charge in [-0.1, -0.05) is 331 Å². The highest BCUT2D eigenvalue weighted by atomic mass is 16.8. The molecule has 0 radical (unpaired) electrons. The Morgan fingerprint density at radius 3 is 1.00 bits per heavy atom. The van der Waals surface area contributed by atoms with Crippen LogP contribution in [0.4, 0.5) is 0 Å². The summed E-state index contributed by atoms with van der Waals surface area (Å²) in [5.41, 5.74) is 0. The van der Waals surface area contributed by atoms with Crippen LogP contribution in [0.3, 0.4) is 0 Å². The number of aliphatic hydroxyl groups is 11. The summed E-state index contributed by atoms with van der Waals surface area (Å²) >= 11 is 0. The van der Waals surface area contributed by atoms with Gasteiger partial charge in [0.05, 0.1) is 38.6 Å². The zero-order chi connectivity index (χ0) is 76.7. The summed E-state index contributed by atoms with van der Waals surface area (Å²) in [6.07, 6.45) is 61.0. The highest BCUT2D eigenvalue weighted by Crippen LogP contribution is 2.33. The molecule has 3 fully saturated rings. The Labute approximate surface area is 643 Å². The number of ether oxygens (including phenoxy) is 6. The third-order valence-corrected chi connectivity index (χ3v) is 21.5. The molecule has 3 aliphatic heterocycles. The first-order valence-electron chi connectivity index (χ1n) is 43.5. The predicted octanol–water partition coefficient (Wildman–Crippen LogP) is 15.8. The molecule has 0 saturated carbocycles. The minimum absolute atomic E-state index is 0.235. The van der Waals surface area contributed by atoms with Gasteiger partial charge in [0, 0.05) is 6.42 Å². The Bertz CT molecular complexity index is 2150. The summed E-state index contributed by atoms with van der Waals surface area (Å²) in [4.78, 5) is 13.5. The molecule has 0 aromatic rings. The highest BCUT2D eigenvalue weighted by Gasteiger charge is 2.54. The van der Waals surface area contributed by atoms with Crippen molar-refractivity contribution in [3.63, 3.8) is 0 Å². The standard InChI is InChI=1S/C87H159NO18/c1-3-5-7-9-11-13-15-17-19-21-23-25-27-28-29-30-31-32-33-34-35-36-37-38-39-40-41-42-43-45-47-49-51-53-55-57-59-61-63-65-75(93)88-70(71(92)64-62-60-58-56-54-52-50-48-46-44-26-24-22-20-18-16-14-12-10-8-6-4-2)69-101-85-81(99)78(96)83(73(67-90)103-85)106-87-82(100)79(97)84(74(68-91)104-87)105-86-80(98)77(95)76(94)72(66-89)102-86/h15,17,21,23,46,48,54,56,62,64,70-74,76-87,89-92,94-100H,3-14,16,18-20,22,24-45,47,49-53,55,57-61,63,65-69H2,1-2H3,(H,88,93)/b17-15-,23-21-,48-46+,56-54+,64-62+. The lowest BCUT2D eigenvalue weighted by molar-refractivity contribution is -0.379. The van der Waals surface area contributed by atoms with E-state index in [1.807, 2.05) is 6.08 Å². The van der Waals surface area contributed by atoms with Crippen molar-refractivity contribution in [2.24, 2.45) is 0 Å². The van der Waals surface area contributed by atoms with Crippen molar-refractivity contribution in [2.45, 2.75) is 458 Å². The molecule has 0 aromatic carbocycles. The smallest absolute Gasteiger partial charge is 0.220 e. The van der Waals surface area contributed by atoms with Crippen LogP contribution in [0.2, 0.25) is 0 Å². The van der Waals surface area contributed by atoms with E-state index in [4.69, 9.17) is 28.4 Å². The molecule has 0 spiro atoms. The second kappa shape index (κ2) is 67.0. The summed E-state index contributed by atoms with van der Waals surface area (Å²) < 4.78 is 34.5. The van der Waals surface area contributed by atoms with Gasteiger partial charge in [-0.25, -0.2) is 0 Å². The van der Waals surface area contributed by atoms with Crippen molar-refractivity contribution in [2.75, 3.05) is 26.4 Å². The van der Waals surface area contributed by atoms with Gasteiger partial charge < -0.3 is 89.9 Å². The molecule has 19 nitrogen and oxygen atoms in total. The lowest BCUT2D eigenvalue weighted by Gasteiger charge is -2.48. The zero-order valence-electron chi connectivity index (χ0n) is 66.7. The Kier molecular flexibility index (Phi) is 61.8. The van der Waals surface area contributed by atoms with Crippen LogP contribution in [-0.2, 0) is 33.2 Å². The van der Waals surface area contributed by atoms with Crippen molar-refractivity contribution in [3.8, 4) is 0 Å². The molecule has 3 rings (SSSR count). The highest BCUT2D eigenvalue weighted by molar-refractivity contribution is 5.76. The number of aliphatic hydroxyl groups excluding tert-OH is 11. The Balaban J connectivity index is 1.32. The van der Waals surface area contributed by atoms with Gasteiger partial charge in [-0.3, -0.25) is 4.79 Å². The second-order valence-electron chi connectivity index (χ2n) is 31.0. The lowest BCUT2D eigenvalue weighted by Crippen LogP contribution is -2.66.